The first-order chi connectivity index (χ1) is 18.3. The fourth-order valence-electron chi connectivity index (χ4n) is 4.56. The van der Waals surface area contributed by atoms with Crippen molar-refractivity contribution < 1.29 is 22.8 Å². The second-order valence-corrected chi connectivity index (χ2v) is 11.0. The predicted octanol–water partition coefficient (Wildman–Crippen LogP) is 8.94. The van der Waals surface area contributed by atoms with Gasteiger partial charge in [-0.2, -0.15) is 13.2 Å². The number of carbonyl (C=O) groups is 2. The standard InChI is InChI=1S/C31H17F3O2S2/c32-31(33,34)20-14-12-18-13-15-22(17-19(18)16-20)38-26-11-5-9-24-28(26)30(36)23-8-4-10-25(27(23)29(24)35)37-21-6-2-1-3-7-21/h1-17H. The third kappa shape index (κ3) is 4.42. The summed E-state index contributed by atoms with van der Waals surface area (Å²) in [6, 6.07) is 28.9. The predicted molar refractivity (Wildman–Crippen MR) is 143 cm³/mol. The topological polar surface area (TPSA) is 34.1 Å². The van der Waals surface area contributed by atoms with E-state index in [0.717, 1.165) is 17.0 Å². The van der Waals surface area contributed by atoms with Crippen LogP contribution in [0.4, 0.5) is 13.2 Å². The molecule has 2 nitrogen and oxygen atoms in total. The van der Waals surface area contributed by atoms with Crippen molar-refractivity contribution in [3.05, 3.63) is 131 Å². The van der Waals surface area contributed by atoms with Gasteiger partial charge in [0.05, 0.1) is 5.56 Å². The zero-order chi connectivity index (χ0) is 26.4. The van der Waals surface area contributed by atoms with Crippen LogP contribution in [0.25, 0.3) is 10.8 Å². The van der Waals surface area contributed by atoms with E-state index < -0.39 is 11.7 Å². The molecule has 0 amide bonds. The monoisotopic (exact) mass is 542 g/mol. The summed E-state index contributed by atoms with van der Waals surface area (Å²) < 4.78 is 39.7. The summed E-state index contributed by atoms with van der Waals surface area (Å²) in [5.41, 5.74) is 0.678. The van der Waals surface area contributed by atoms with Crippen LogP contribution < -0.4 is 0 Å². The van der Waals surface area contributed by atoms with Gasteiger partial charge in [0.1, 0.15) is 0 Å². The summed E-state index contributed by atoms with van der Waals surface area (Å²) >= 11 is 2.69. The molecule has 1 aliphatic rings. The molecule has 186 valence electrons. The summed E-state index contributed by atoms with van der Waals surface area (Å²) in [6.45, 7) is 0. The maximum absolute atomic E-state index is 13.7. The van der Waals surface area contributed by atoms with Crippen molar-refractivity contribution in [3.8, 4) is 0 Å². The van der Waals surface area contributed by atoms with E-state index in [9.17, 15) is 22.8 Å². The van der Waals surface area contributed by atoms with E-state index in [0.29, 0.717) is 47.7 Å². The van der Waals surface area contributed by atoms with E-state index >= 15 is 0 Å². The quantitative estimate of drug-likeness (QED) is 0.223. The second kappa shape index (κ2) is 9.49. The second-order valence-electron chi connectivity index (χ2n) is 8.75. The highest BCUT2D eigenvalue weighted by Crippen LogP contribution is 2.42. The molecule has 0 N–H and O–H groups in total. The number of alkyl halides is 3. The summed E-state index contributed by atoms with van der Waals surface area (Å²) in [6.07, 6.45) is -4.44. The number of hydrogen-bond donors (Lipinski definition) is 0. The highest BCUT2D eigenvalue weighted by atomic mass is 32.2. The largest absolute Gasteiger partial charge is 0.416 e. The average molecular weight is 543 g/mol. The maximum Gasteiger partial charge on any atom is 0.416 e. The van der Waals surface area contributed by atoms with E-state index in [1.165, 1.54) is 29.6 Å². The Morgan fingerprint density at radius 3 is 1.71 bits per heavy atom. The fraction of sp³-hybridized carbons (Fsp3) is 0.0323. The van der Waals surface area contributed by atoms with Gasteiger partial charge in [0.2, 0.25) is 0 Å². The SMILES string of the molecule is O=C1c2cccc(Sc3ccc4ccc(C(F)(F)F)cc4c3)c2C(=O)c2cccc(Sc3ccccc3)c21. The van der Waals surface area contributed by atoms with Crippen LogP contribution in [-0.4, -0.2) is 11.6 Å². The van der Waals surface area contributed by atoms with Crippen molar-refractivity contribution >= 4 is 45.9 Å². The van der Waals surface area contributed by atoms with Gasteiger partial charge in [-0.1, -0.05) is 78.1 Å². The van der Waals surface area contributed by atoms with Crippen molar-refractivity contribution in [3.63, 3.8) is 0 Å². The molecule has 1 aliphatic carbocycles. The molecule has 7 heteroatoms. The Balaban J connectivity index is 1.39. The van der Waals surface area contributed by atoms with Gasteiger partial charge in [0.15, 0.2) is 11.6 Å². The lowest BCUT2D eigenvalue weighted by molar-refractivity contribution is -0.137. The normalized spacial score (nSPS) is 12.9. The van der Waals surface area contributed by atoms with Crippen LogP contribution in [0.15, 0.2) is 123 Å². The molecule has 0 fully saturated rings. The Morgan fingerprint density at radius 2 is 1.11 bits per heavy atom. The Morgan fingerprint density at radius 1 is 0.526 bits per heavy atom. The average Bonchev–Trinajstić information content (AvgIpc) is 2.91. The molecular formula is C31H17F3O2S2. The van der Waals surface area contributed by atoms with Crippen molar-refractivity contribution in [1.29, 1.82) is 0 Å². The van der Waals surface area contributed by atoms with Gasteiger partial charge in [-0.3, -0.25) is 9.59 Å². The third-order valence-corrected chi connectivity index (χ3v) is 8.45. The number of fused-ring (bicyclic) bond motifs is 3. The van der Waals surface area contributed by atoms with Gasteiger partial charge in [-0.05, 0) is 59.3 Å². The number of benzene rings is 5. The molecule has 0 bridgehead atoms. The summed E-state index contributed by atoms with van der Waals surface area (Å²) in [7, 11) is 0. The van der Waals surface area contributed by atoms with E-state index in [-0.39, 0.29) is 11.6 Å². The Labute approximate surface area is 224 Å². The number of rotatable bonds is 4. The minimum absolute atomic E-state index is 0.218. The van der Waals surface area contributed by atoms with Crippen LogP contribution >= 0.6 is 23.5 Å². The lowest BCUT2D eigenvalue weighted by Crippen LogP contribution is -2.22. The zero-order valence-corrected chi connectivity index (χ0v) is 21.2. The van der Waals surface area contributed by atoms with Crippen LogP contribution in [0.2, 0.25) is 0 Å². The fourth-order valence-corrected chi connectivity index (χ4v) is 6.58. The van der Waals surface area contributed by atoms with Gasteiger partial charge >= 0.3 is 6.18 Å². The summed E-state index contributed by atoms with van der Waals surface area (Å²) in [5.74, 6) is -0.460. The molecule has 0 saturated carbocycles. The van der Waals surface area contributed by atoms with Crippen molar-refractivity contribution in [2.75, 3.05) is 0 Å². The highest BCUT2D eigenvalue weighted by molar-refractivity contribution is 7.99. The lowest BCUT2D eigenvalue weighted by Gasteiger charge is -2.22. The zero-order valence-electron chi connectivity index (χ0n) is 19.6. The first kappa shape index (κ1) is 24.5. The Hall–Kier alpha value is -3.81. The lowest BCUT2D eigenvalue weighted by atomic mass is 9.84. The molecule has 6 rings (SSSR count). The Kier molecular flexibility index (Phi) is 6.13. The summed E-state index contributed by atoms with van der Waals surface area (Å²) in [5, 5.41) is 1.13. The molecule has 0 heterocycles. The van der Waals surface area contributed by atoms with Crippen LogP contribution in [-0.2, 0) is 6.18 Å². The number of halogens is 3. The first-order valence-electron chi connectivity index (χ1n) is 11.7. The smallest absolute Gasteiger partial charge is 0.289 e. The molecule has 0 saturated heterocycles. The molecule has 0 radical (unpaired) electrons. The van der Waals surface area contributed by atoms with E-state index in [2.05, 4.69) is 0 Å². The van der Waals surface area contributed by atoms with Crippen molar-refractivity contribution in [1.82, 2.24) is 0 Å². The van der Waals surface area contributed by atoms with Gasteiger partial charge in [0, 0.05) is 41.8 Å². The van der Waals surface area contributed by atoms with Gasteiger partial charge in [0.25, 0.3) is 0 Å². The molecule has 0 aliphatic heterocycles. The van der Waals surface area contributed by atoms with Gasteiger partial charge in [-0.25, -0.2) is 0 Å². The summed E-state index contributed by atoms with van der Waals surface area (Å²) in [4.78, 5) is 30.4. The molecule has 0 aromatic heterocycles. The minimum Gasteiger partial charge on any atom is -0.289 e. The highest BCUT2D eigenvalue weighted by Gasteiger charge is 2.34. The number of ketones is 2. The molecule has 0 atom stereocenters. The van der Waals surface area contributed by atoms with Gasteiger partial charge < -0.3 is 0 Å². The van der Waals surface area contributed by atoms with Crippen molar-refractivity contribution in [2.24, 2.45) is 0 Å². The van der Waals surface area contributed by atoms with E-state index in [1.54, 1.807) is 48.5 Å². The number of carbonyl (C=O) groups excluding carboxylic acids is 2. The maximum atomic E-state index is 13.7. The molecule has 5 aromatic rings. The minimum atomic E-state index is -4.44. The van der Waals surface area contributed by atoms with E-state index in [4.69, 9.17) is 0 Å². The number of hydrogen-bond acceptors (Lipinski definition) is 4. The molecule has 38 heavy (non-hydrogen) atoms. The van der Waals surface area contributed by atoms with Crippen LogP contribution in [0.1, 0.15) is 37.4 Å². The van der Waals surface area contributed by atoms with Crippen molar-refractivity contribution in [2.45, 2.75) is 25.8 Å². The van der Waals surface area contributed by atoms with Crippen LogP contribution in [0.5, 0.6) is 0 Å². The van der Waals surface area contributed by atoms with Crippen LogP contribution in [0.3, 0.4) is 0 Å². The molecule has 5 aromatic carbocycles. The first-order valence-corrected chi connectivity index (χ1v) is 13.3. The third-order valence-electron chi connectivity index (χ3n) is 6.33. The van der Waals surface area contributed by atoms with Crippen LogP contribution in [0, 0.1) is 0 Å². The Bertz CT molecular complexity index is 1740. The molecule has 0 unspecified atom stereocenters. The van der Waals surface area contributed by atoms with Gasteiger partial charge in [-0.15, -0.1) is 0 Å². The molecule has 0 spiro atoms. The van der Waals surface area contributed by atoms with E-state index in [1.807, 2.05) is 36.4 Å². The molecular weight excluding hydrogens is 525 g/mol.